The van der Waals surface area contributed by atoms with Gasteiger partial charge in [0.15, 0.2) is 6.10 Å². The highest BCUT2D eigenvalue weighted by Gasteiger charge is 2.22. The minimum absolute atomic E-state index is 0.219. The Morgan fingerprint density at radius 2 is 2.21 bits per heavy atom. The van der Waals surface area contributed by atoms with Crippen molar-refractivity contribution >= 4 is 5.97 Å². The van der Waals surface area contributed by atoms with E-state index in [1.807, 2.05) is 6.92 Å². The van der Waals surface area contributed by atoms with Crippen LogP contribution in [0.25, 0.3) is 5.69 Å². The van der Waals surface area contributed by atoms with Crippen molar-refractivity contribution in [2.24, 2.45) is 0 Å². The van der Waals surface area contributed by atoms with E-state index in [1.54, 1.807) is 37.4 Å². The summed E-state index contributed by atoms with van der Waals surface area (Å²) in [4.78, 5) is 13.0. The van der Waals surface area contributed by atoms with Crippen LogP contribution in [0.2, 0.25) is 0 Å². The number of para-hydroxylation sites is 1. The number of rotatable bonds is 4. The molecule has 1 unspecified atom stereocenters. The Morgan fingerprint density at radius 1 is 1.47 bits per heavy atom. The molecule has 2 aromatic rings. The van der Waals surface area contributed by atoms with E-state index >= 15 is 0 Å². The molecule has 0 bridgehead atoms. The number of ether oxygens (including phenoxy) is 1. The Morgan fingerprint density at radius 3 is 2.84 bits per heavy atom. The number of hydrogen-bond acceptors (Lipinski definition) is 5. The van der Waals surface area contributed by atoms with Gasteiger partial charge in [0, 0.05) is 5.56 Å². The fourth-order valence-electron chi connectivity index (χ4n) is 1.70. The maximum atomic E-state index is 11.6. The molecule has 0 spiro atoms. The second-order valence-corrected chi connectivity index (χ2v) is 3.99. The number of hydrogen-bond donors (Lipinski definition) is 1. The highest BCUT2D eigenvalue weighted by atomic mass is 16.5. The third kappa shape index (κ3) is 2.79. The molecular formula is C13H15N3O3. The average molecular weight is 261 g/mol. The lowest BCUT2D eigenvalue weighted by Gasteiger charge is -2.13. The van der Waals surface area contributed by atoms with Gasteiger partial charge in [0.25, 0.3) is 0 Å². The van der Waals surface area contributed by atoms with Gasteiger partial charge in [0.2, 0.25) is 0 Å². The van der Waals surface area contributed by atoms with Crippen molar-refractivity contribution in [3.8, 4) is 5.69 Å². The van der Waals surface area contributed by atoms with Crippen molar-refractivity contribution in [3.63, 3.8) is 0 Å². The van der Waals surface area contributed by atoms with Gasteiger partial charge < -0.3 is 9.84 Å². The summed E-state index contributed by atoms with van der Waals surface area (Å²) in [6.45, 7) is 3.72. The smallest absolute Gasteiger partial charge is 0.339 e. The molecule has 6 heteroatoms. The lowest BCUT2D eigenvalue weighted by Crippen LogP contribution is -2.18. The van der Waals surface area contributed by atoms with E-state index in [4.69, 9.17) is 4.74 Å². The number of aromatic nitrogens is 3. The summed E-state index contributed by atoms with van der Waals surface area (Å²) < 4.78 is 4.82. The van der Waals surface area contributed by atoms with E-state index in [0.717, 1.165) is 5.69 Å². The summed E-state index contributed by atoms with van der Waals surface area (Å²) in [5.74, 6) is -0.682. The van der Waals surface area contributed by atoms with Gasteiger partial charge >= 0.3 is 5.97 Å². The van der Waals surface area contributed by atoms with Crippen LogP contribution in [-0.4, -0.2) is 32.7 Å². The molecular weight excluding hydrogens is 246 g/mol. The zero-order valence-corrected chi connectivity index (χ0v) is 10.8. The zero-order chi connectivity index (χ0) is 13.8. The van der Waals surface area contributed by atoms with Crippen LogP contribution < -0.4 is 0 Å². The van der Waals surface area contributed by atoms with E-state index in [0.29, 0.717) is 11.3 Å². The van der Waals surface area contributed by atoms with E-state index in [1.165, 1.54) is 4.80 Å². The number of aliphatic hydroxyl groups is 1. The first-order valence-corrected chi connectivity index (χ1v) is 5.96. The number of nitrogens with zero attached hydrogens (tertiary/aromatic N) is 3. The maximum absolute atomic E-state index is 11.6. The minimum atomic E-state index is -1.34. The molecule has 19 heavy (non-hydrogen) atoms. The van der Waals surface area contributed by atoms with Crippen LogP contribution in [0.5, 0.6) is 0 Å². The lowest BCUT2D eigenvalue weighted by atomic mass is 10.1. The Balaban J connectivity index is 2.39. The Kier molecular flexibility index (Phi) is 3.91. The van der Waals surface area contributed by atoms with Crippen LogP contribution in [0.3, 0.4) is 0 Å². The minimum Gasteiger partial charge on any atom is -0.464 e. The highest BCUT2D eigenvalue weighted by Crippen LogP contribution is 2.21. The third-order valence-electron chi connectivity index (χ3n) is 2.56. The van der Waals surface area contributed by atoms with Crippen molar-refractivity contribution in [1.29, 1.82) is 0 Å². The SMILES string of the molecule is CCOC(=O)C(O)c1ccccc1-n1ncc(C)n1. The van der Waals surface area contributed by atoms with Crippen LogP contribution in [0, 0.1) is 6.92 Å². The molecule has 0 aliphatic carbocycles. The number of carbonyl (C=O) groups excluding carboxylic acids is 1. The van der Waals surface area contributed by atoms with Gasteiger partial charge in [-0.1, -0.05) is 18.2 Å². The molecule has 0 radical (unpaired) electrons. The quantitative estimate of drug-likeness (QED) is 0.836. The van der Waals surface area contributed by atoms with Crippen molar-refractivity contribution in [3.05, 3.63) is 41.7 Å². The zero-order valence-electron chi connectivity index (χ0n) is 10.8. The molecule has 0 aliphatic rings. The Bertz CT molecular complexity index is 580. The van der Waals surface area contributed by atoms with Crippen LogP contribution in [0.1, 0.15) is 24.3 Å². The van der Waals surface area contributed by atoms with Gasteiger partial charge in [-0.25, -0.2) is 4.79 Å². The summed E-state index contributed by atoms with van der Waals surface area (Å²) in [5, 5.41) is 18.3. The van der Waals surface area contributed by atoms with E-state index in [9.17, 15) is 9.90 Å². The predicted molar refractivity (Wildman–Crippen MR) is 67.7 cm³/mol. The molecule has 1 aromatic heterocycles. The van der Waals surface area contributed by atoms with Crippen molar-refractivity contribution in [2.75, 3.05) is 6.61 Å². The molecule has 1 aromatic carbocycles. The van der Waals surface area contributed by atoms with Crippen LogP contribution in [-0.2, 0) is 9.53 Å². The van der Waals surface area contributed by atoms with E-state index in [2.05, 4.69) is 10.2 Å². The summed E-state index contributed by atoms with van der Waals surface area (Å²) in [6, 6.07) is 6.90. The van der Waals surface area contributed by atoms with Crippen molar-refractivity contribution in [1.82, 2.24) is 15.0 Å². The topological polar surface area (TPSA) is 77.2 Å². The van der Waals surface area contributed by atoms with E-state index < -0.39 is 12.1 Å². The molecule has 0 fully saturated rings. The molecule has 100 valence electrons. The molecule has 1 atom stereocenters. The van der Waals surface area contributed by atoms with Gasteiger partial charge in [-0.15, -0.1) is 0 Å². The average Bonchev–Trinajstić information content (AvgIpc) is 2.85. The number of esters is 1. The van der Waals surface area contributed by atoms with Gasteiger partial charge in [-0.3, -0.25) is 0 Å². The number of aliphatic hydroxyl groups excluding tert-OH is 1. The standard InChI is InChI=1S/C13H15N3O3/c1-3-19-13(18)12(17)10-6-4-5-7-11(10)16-14-8-9(2)15-16/h4-8,12,17H,3H2,1-2H3. The molecule has 0 saturated carbocycles. The fourth-order valence-corrected chi connectivity index (χ4v) is 1.70. The summed E-state index contributed by atoms with van der Waals surface area (Å²) >= 11 is 0. The Labute approximate surface area is 110 Å². The molecule has 2 rings (SSSR count). The molecule has 1 heterocycles. The monoisotopic (exact) mass is 261 g/mol. The number of benzene rings is 1. The summed E-state index contributed by atoms with van der Waals surface area (Å²) in [5.41, 5.74) is 1.72. The van der Waals surface area contributed by atoms with E-state index in [-0.39, 0.29) is 6.61 Å². The first-order valence-electron chi connectivity index (χ1n) is 5.96. The van der Waals surface area contributed by atoms with Crippen molar-refractivity contribution in [2.45, 2.75) is 20.0 Å². The molecule has 1 N–H and O–H groups in total. The van der Waals surface area contributed by atoms with Crippen LogP contribution in [0.4, 0.5) is 0 Å². The molecule has 6 nitrogen and oxygen atoms in total. The molecule has 0 saturated heterocycles. The van der Waals surface area contributed by atoms with Crippen LogP contribution >= 0.6 is 0 Å². The normalized spacial score (nSPS) is 12.2. The third-order valence-corrected chi connectivity index (χ3v) is 2.56. The highest BCUT2D eigenvalue weighted by molar-refractivity contribution is 5.77. The molecule has 0 amide bonds. The Hall–Kier alpha value is -2.21. The lowest BCUT2D eigenvalue weighted by molar-refractivity contribution is -0.153. The molecule has 0 aliphatic heterocycles. The van der Waals surface area contributed by atoms with Crippen LogP contribution in [0.15, 0.2) is 30.5 Å². The number of carbonyl (C=O) groups is 1. The predicted octanol–water partition coefficient (Wildman–Crippen LogP) is 1.17. The number of aryl methyl sites for hydroxylation is 1. The van der Waals surface area contributed by atoms with Gasteiger partial charge in [0.05, 0.1) is 24.2 Å². The summed E-state index contributed by atoms with van der Waals surface area (Å²) in [6.07, 6.45) is 0.260. The van der Waals surface area contributed by atoms with Gasteiger partial charge in [-0.05, 0) is 19.9 Å². The summed E-state index contributed by atoms with van der Waals surface area (Å²) in [7, 11) is 0. The first kappa shape index (κ1) is 13.2. The fraction of sp³-hybridized carbons (Fsp3) is 0.308. The second-order valence-electron chi connectivity index (χ2n) is 3.99. The second kappa shape index (κ2) is 5.62. The van der Waals surface area contributed by atoms with Gasteiger partial charge in [-0.2, -0.15) is 15.0 Å². The first-order chi connectivity index (χ1) is 9.13. The maximum Gasteiger partial charge on any atom is 0.339 e. The van der Waals surface area contributed by atoms with Gasteiger partial charge in [0.1, 0.15) is 0 Å². The largest absolute Gasteiger partial charge is 0.464 e. The van der Waals surface area contributed by atoms with Crippen molar-refractivity contribution < 1.29 is 14.6 Å².